The quantitative estimate of drug-likeness (QED) is 0.234. The lowest BCUT2D eigenvalue weighted by Gasteiger charge is -2.17. The number of alkyl carbamates (subject to hydrolysis) is 1. The number of amides is 1. The molecule has 0 saturated carbocycles. The molecule has 1 amide bonds. The predicted molar refractivity (Wildman–Crippen MR) is 148 cm³/mol. The molecule has 0 saturated heterocycles. The molecule has 0 bridgehead atoms. The molecule has 1 N–H and O–H groups in total. The van der Waals surface area contributed by atoms with E-state index in [1.807, 2.05) is 48.5 Å². The summed E-state index contributed by atoms with van der Waals surface area (Å²) in [7, 11) is 0. The molecule has 0 aromatic heterocycles. The van der Waals surface area contributed by atoms with Crippen LogP contribution in [0.4, 0.5) is 4.79 Å². The smallest absolute Gasteiger partial charge is 0.407 e. The first-order valence-corrected chi connectivity index (χ1v) is 13.0. The van der Waals surface area contributed by atoms with Gasteiger partial charge in [-0.25, -0.2) is 4.79 Å². The molecule has 38 heavy (non-hydrogen) atoms. The average Bonchev–Trinajstić information content (AvgIpc) is 2.89. The molecule has 0 spiro atoms. The molecule has 9 heteroatoms. The molecule has 7 nitrogen and oxygen atoms in total. The minimum atomic E-state index is -0.715. The lowest BCUT2D eigenvalue weighted by molar-refractivity contribution is -0.141. The maximum absolute atomic E-state index is 11.7. The molecule has 0 unspecified atom stereocenters. The summed E-state index contributed by atoms with van der Waals surface area (Å²) in [4.78, 5) is 23.0. The molecule has 0 fully saturated rings. The number of esters is 1. The third-order valence-electron chi connectivity index (χ3n) is 5.42. The third kappa shape index (κ3) is 8.85. The van der Waals surface area contributed by atoms with Crippen LogP contribution in [0.1, 0.15) is 43.4 Å². The number of carbonyl (C=O) groups is 2. The molecule has 3 aromatic carbocycles. The van der Waals surface area contributed by atoms with Crippen molar-refractivity contribution in [3.63, 3.8) is 0 Å². The maximum atomic E-state index is 11.7. The van der Waals surface area contributed by atoms with Gasteiger partial charge in [0.05, 0.1) is 23.3 Å². The molecular formula is C29H31Cl2NO6. The Kier molecular flexibility index (Phi) is 11.1. The van der Waals surface area contributed by atoms with Crippen LogP contribution >= 0.6 is 23.2 Å². The zero-order valence-corrected chi connectivity index (χ0v) is 23.1. The Morgan fingerprint density at radius 1 is 0.921 bits per heavy atom. The van der Waals surface area contributed by atoms with E-state index in [-0.39, 0.29) is 25.7 Å². The Balaban J connectivity index is 1.60. The first-order chi connectivity index (χ1) is 18.3. The van der Waals surface area contributed by atoms with Crippen LogP contribution in [0.15, 0.2) is 60.7 Å². The van der Waals surface area contributed by atoms with Crippen LogP contribution in [0.25, 0.3) is 0 Å². The fourth-order valence-corrected chi connectivity index (χ4v) is 4.16. The van der Waals surface area contributed by atoms with Crippen molar-refractivity contribution in [2.75, 3.05) is 19.8 Å². The Morgan fingerprint density at radius 2 is 1.63 bits per heavy atom. The average molecular weight is 560 g/mol. The second-order valence-electron chi connectivity index (χ2n) is 8.66. The van der Waals surface area contributed by atoms with Crippen molar-refractivity contribution >= 4 is 35.3 Å². The van der Waals surface area contributed by atoms with Gasteiger partial charge in [-0.1, -0.05) is 67.4 Å². The Bertz CT molecular complexity index is 1210. The van der Waals surface area contributed by atoms with E-state index in [0.717, 1.165) is 22.4 Å². The summed E-state index contributed by atoms with van der Waals surface area (Å²) in [6.07, 6.45) is -0.343. The van der Waals surface area contributed by atoms with Crippen LogP contribution in [0.2, 0.25) is 10.0 Å². The minimum absolute atomic E-state index is 0.0731. The van der Waals surface area contributed by atoms with E-state index < -0.39 is 12.1 Å². The Hall–Kier alpha value is -3.42. The molecule has 0 aliphatic rings. The fraction of sp³-hybridized carbons (Fsp3) is 0.310. The summed E-state index contributed by atoms with van der Waals surface area (Å²) < 4.78 is 22.0. The molecule has 0 heterocycles. The summed E-state index contributed by atoms with van der Waals surface area (Å²) in [5, 5.41) is 2.99. The number of hydrogen-bond acceptors (Lipinski definition) is 6. The van der Waals surface area contributed by atoms with E-state index >= 15 is 0 Å². The van der Waals surface area contributed by atoms with Crippen molar-refractivity contribution in [3.8, 4) is 17.2 Å². The zero-order chi connectivity index (χ0) is 27.5. The van der Waals surface area contributed by atoms with Crippen LogP contribution in [0.5, 0.6) is 17.2 Å². The highest BCUT2D eigenvalue weighted by molar-refractivity contribution is 6.37. The summed E-state index contributed by atoms with van der Waals surface area (Å²) in [5.74, 6) is 1.37. The number of hydrogen-bond donors (Lipinski definition) is 1. The van der Waals surface area contributed by atoms with Gasteiger partial charge in [0.25, 0.3) is 0 Å². The molecule has 0 aliphatic heterocycles. The van der Waals surface area contributed by atoms with Crippen molar-refractivity contribution in [3.05, 3.63) is 87.4 Å². The summed E-state index contributed by atoms with van der Waals surface area (Å²) in [6, 6.07) is 19.0. The summed E-state index contributed by atoms with van der Waals surface area (Å²) in [6.45, 7) is 6.38. The van der Waals surface area contributed by atoms with E-state index in [0.29, 0.717) is 34.6 Å². The van der Waals surface area contributed by atoms with Crippen LogP contribution in [0.3, 0.4) is 0 Å². The molecule has 0 radical (unpaired) electrons. The first kappa shape index (κ1) is 29.1. The Morgan fingerprint density at radius 3 is 2.29 bits per heavy atom. The van der Waals surface area contributed by atoms with Crippen molar-refractivity contribution in [1.29, 1.82) is 0 Å². The molecule has 3 aromatic rings. The third-order valence-corrected chi connectivity index (χ3v) is 5.99. The van der Waals surface area contributed by atoms with Crippen LogP contribution in [0, 0.1) is 0 Å². The molecular weight excluding hydrogens is 529 g/mol. The van der Waals surface area contributed by atoms with Gasteiger partial charge in [0.2, 0.25) is 0 Å². The molecule has 0 aliphatic carbocycles. The summed E-state index contributed by atoms with van der Waals surface area (Å²) in [5.41, 5.74) is 2.85. The topological polar surface area (TPSA) is 83.1 Å². The van der Waals surface area contributed by atoms with E-state index in [1.54, 1.807) is 19.1 Å². The van der Waals surface area contributed by atoms with Gasteiger partial charge in [0.1, 0.15) is 24.7 Å². The molecule has 3 rings (SSSR count). The van der Waals surface area contributed by atoms with Gasteiger partial charge >= 0.3 is 12.1 Å². The lowest BCUT2D eigenvalue weighted by Crippen LogP contribution is -2.31. The largest absolute Gasteiger partial charge is 0.489 e. The highest BCUT2D eigenvalue weighted by Gasteiger charge is 2.15. The maximum Gasteiger partial charge on any atom is 0.407 e. The van der Waals surface area contributed by atoms with E-state index in [2.05, 4.69) is 19.2 Å². The van der Waals surface area contributed by atoms with E-state index in [9.17, 15) is 9.59 Å². The van der Waals surface area contributed by atoms with Gasteiger partial charge in [-0.2, -0.15) is 0 Å². The van der Waals surface area contributed by atoms with Crippen molar-refractivity contribution in [2.45, 2.75) is 39.7 Å². The van der Waals surface area contributed by atoms with Gasteiger partial charge in [0.15, 0.2) is 5.75 Å². The van der Waals surface area contributed by atoms with E-state index in [1.165, 1.54) is 0 Å². The second kappa shape index (κ2) is 14.5. The lowest BCUT2D eigenvalue weighted by atomic mass is 10.0. The fourth-order valence-electron chi connectivity index (χ4n) is 3.55. The highest BCUT2D eigenvalue weighted by atomic mass is 35.5. The minimum Gasteiger partial charge on any atom is -0.489 e. The van der Waals surface area contributed by atoms with Crippen molar-refractivity contribution < 1.29 is 28.5 Å². The standard InChI is InChI=1S/C29H31Cl2NO6/c1-4-35-27(33)17-32-29(34)36-13-12-21-14-24(30)28(25(31)15-21)38-22-10-11-26(23(16-22)19(2)3)37-18-20-8-6-5-7-9-20/h5-11,14-16,19H,4,12-13,17-18H2,1-3H3,(H,32,34). The number of halogens is 2. The SMILES string of the molecule is CCOC(=O)CNC(=O)OCCc1cc(Cl)c(Oc2ccc(OCc3ccccc3)c(C(C)C)c2)c(Cl)c1. The normalized spacial score (nSPS) is 10.7. The number of carbonyl (C=O) groups excluding carboxylic acids is 2. The van der Waals surface area contributed by atoms with Gasteiger partial charge in [0, 0.05) is 12.0 Å². The van der Waals surface area contributed by atoms with Crippen molar-refractivity contribution in [1.82, 2.24) is 5.32 Å². The molecule has 0 atom stereocenters. The number of ether oxygens (including phenoxy) is 4. The van der Waals surface area contributed by atoms with E-state index in [4.69, 9.17) is 42.1 Å². The predicted octanol–water partition coefficient (Wildman–Crippen LogP) is 7.32. The summed E-state index contributed by atoms with van der Waals surface area (Å²) >= 11 is 13.0. The van der Waals surface area contributed by atoms with Crippen molar-refractivity contribution in [2.24, 2.45) is 0 Å². The van der Waals surface area contributed by atoms with Gasteiger partial charge in [-0.3, -0.25) is 4.79 Å². The van der Waals surface area contributed by atoms with Gasteiger partial charge in [-0.05, 0) is 54.3 Å². The number of rotatable bonds is 12. The number of nitrogens with one attached hydrogen (secondary N) is 1. The monoisotopic (exact) mass is 559 g/mol. The second-order valence-corrected chi connectivity index (χ2v) is 9.48. The number of benzene rings is 3. The van der Waals surface area contributed by atoms with Crippen LogP contribution in [-0.2, 0) is 27.3 Å². The van der Waals surface area contributed by atoms with Gasteiger partial charge < -0.3 is 24.3 Å². The van der Waals surface area contributed by atoms with Crippen LogP contribution < -0.4 is 14.8 Å². The zero-order valence-electron chi connectivity index (χ0n) is 21.6. The first-order valence-electron chi connectivity index (χ1n) is 12.3. The van der Waals surface area contributed by atoms with Crippen LogP contribution in [-0.4, -0.2) is 31.8 Å². The Labute approximate surface area is 232 Å². The molecule has 202 valence electrons. The highest BCUT2D eigenvalue weighted by Crippen LogP contribution is 2.39. The van der Waals surface area contributed by atoms with Gasteiger partial charge in [-0.15, -0.1) is 0 Å².